The number of nitrogens with two attached hydrogens (primary N) is 1. The highest BCUT2D eigenvalue weighted by molar-refractivity contribution is 6.32. The van der Waals surface area contributed by atoms with E-state index in [1.165, 1.54) is 18.2 Å². The third kappa shape index (κ3) is 4.93. The lowest BCUT2D eigenvalue weighted by Crippen LogP contribution is -2.44. The van der Waals surface area contributed by atoms with Crippen molar-refractivity contribution in [3.8, 4) is 5.69 Å². The molecule has 0 unspecified atom stereocenters. The summed E-state index contributed by atoms with van der Waals surface area (Å²) in [6.07, 6.45) is -7.30. The van der Waals surface area contributed by atoms with Crippen molar-refractivity contribution in [3.05, 3.63) is 40.9 Å². The normalized spacial score (nSPS) is 16.1. The zero-order chi connectivity index (χ0) is 23.0. The van der Waals surface area contributed by atoms with Crippen LogP contribution in [-0.2, 0) is 14.3 Å². The Morgan fingerprint density at radius 1 is 1.32 bits per heavy atom. The molecule has 3 rings (SSSR count). The number of carbonyl (C=O) groups is 2. The van der Waals surface area contributed by atoms with E-state index >= 15 is 0 Å². The second kappa shape index (κ2) is 8.38. The lowest BCUT2D eigenvalue weighted by atomic mass is 10.1. The summed E-state index contributed by atoms with van der Waals surface area (Å²) in [5, 5.41) is 6.15. The largest absolute Gasteiger partial charge is 0.490 e. The number of amides is 1. The minimum absolute atomic E-state index is 0.0519. The van der Waals surface area contributed by atoms with Gasteiger partial charge in [-0.15, -0.1) is 0 Å². The van der Waals surface area contributed by atoms with Gasteiger partial charge in [0.15, 0.2) is 11.4 Å². The quantitative estimate of drug-likeness (QED) is 0.478. The van der Waals surface area contributed by atoms with Gasteiger partial charge in [-0.3, -0.25) is 4.79 Å². The Hall–Kier alpha value is -2.80. The Morgan fingerprint density at radius 3 is 2.58 bits per heavy atom. The molecule has 8 nitrogen and oxygen atoms in total. The summed E-state index contributed by atoms with van der Waals surface area (Å²) in [7, 11) is 0. The predicted octanol–water partition coefficient (Wildman–Crippen LogP) is 2.61. The molecule has 0 saturated heterocycles. The van der Waals surface area contributed by atoms with Gasteiger partial charge in [-0.05, 0) is 17.7 Å². The molecule has 3 N–H and O–H groups in total. The number of rotatable bonds is 7. The van der Waals surface area contributed by atoms with E-state index in [9.17, 15) is 31.5 Å². The number of carbonyl (C=O) groups excluding carboxylic acids is 2. The highest BCUT2D eigenvalue weighted by atomic mass is 35.5. The Balaban J connectivity index is 1.69. The average molecular weight is 468 g/mol. The summed E-state index contributed by atoms with van der Waals surface area (Å²) < 4.78 is 68.4. The fraction of sp³-hybridized carbons (Fsp3) is 0.412. The number of hydrogen-bond acceptors (Lipinski definition) is 6. The van der Waals surface area contributed by atoms with E-state index in [2.05, 4.69) is 20.1 Å². The number of nitrogens with zero attached hydrogens (tertiary/aromatic N) is 3. The molecule has 1 aromatic carbocycles. The van der Waals surface area contributed by atoms with E-state index in [-0.39, 0.29) is 30.1 Å². The van der Waals surface area contributed by atoms with Crippen molar-refractivity contribution >= 4 is 23.5 Å². The van der Waals surface area contributed by atoms with Gasteiger partial charge >= 0.3 is 12.1 Å². The number of esters is 1. The van der Waals surface area contributed by atoms with Crippen molar-refractivity contribution in [2.75, 3.05) is 6.54 Å². The number of hydrogen-bond donors (Lipinski definition) is 2. The minimum Gasteiger partial charge on any atom is -0.442 e. The molecular weight excluding hydrogens is 453 g/mol. The van der Waals surface area contributed by atoms with Crippen molar-refractivity contribution in [1.82, 2.24) is 20.1 Å². The topological polar surface area (TPSA) is 112 Å². The van der Waals surface area contributed by atoms with Gasteiger partial charge in [0.25, 0.3) is 12.3 Å². The molecule has 0 bridgehead atoms. The fourth-order valence-corrected chi connectivity index (χ4v) is 2.91. The molecule has 1 amide bonds. The smallest absolute Gasteiger partial charge is 0.442 e. The van der Waals surface area contributed by atoms with E-state index in [1.54, 1.807) is 0 Å². The second-order valence-electron chi connectivity index (χ2n) is 6.74. The monoisotopic (exact) mass is 467 g/mol. The maximum atomic E-state index is 13.1. The number of halogens is 6. The molecule has 168 valence electrons. The van der Waals surface area contributed by atoms with Gasteiger partial charge in [0.1, 0.15) is 6.33 Å². The van der Waals surface area contributed by atoms with Crippen LogP contribution in [0, 0.1) is 0 Å². The molecule has 0 aliphatic heterocycles. The van der Waals surface area contributed by atoms with Crippen molar-refractivity contribution < 1.29 is 36.3 Å². The lowest BCUT2D eigenvalue weighted by Gasteiger charge is -2.20. The van der Waals surface area contributed by atoms with E-state index in [0.717, 1.165) is 11.0 Å². The third-order valence-electron chi connectivity index (χ3n) is 4.52. The van der Waals surface area contributed by atoms with Crippen molar-refractivity contribution in [1.29, 1.82) is 0 Å². The van der Waals surface area contributed by atoms with E-state index in [0.29, 0.717) is 5.56 Å². The van der Waals surface area contributed by atoms with Crippen molar-refractivity contribution in [2.24, 2.45) is 5.73 Å². The lowest BCUT2D eigenvalue weighted by molar-refractivity contribution is -0.207. The summed E-state index contributed by atoms with van der Waals surface area (Å²) in [6.45, 7) is -0.232. The van der Waals surface area contributed by atoms with Crippen LogP contribution in [0.5, 0.6) is 0 Å². The van der Waals surface area contributed by atoms with E-state index in [1.807, 2.05) is 0 Å². The summed E-state index contributed by atoms with van der Waals surface area (Å²) in [5.41, 5.74) is 4.58. The summed E-state index contributed by atoms with van der Waals surface area (Å²) >= 11 is 6.07. The molecule has 1 heterocycles. The zero-order valence-corrected chi connectivity index (χ0v) is 16.3. The molecule has 31 heavy (non-hydrogen) atoms. The highest BCUT2D eigenvalue weighted by Crippen LogP contribution is 2.41. The van der Waals surface area contributed by atoms with Crippen LogP contribution >= 0.6 is 11.6 Å². The first-order valence-corrected chi connectivity index (χ1v) is 9.14. The first kappa shape index (κ1) is 22.9. The Kier molecular flexibility index (Phi) is 6.18. The van der Waals surface area contributed by atoms with Crippen LogP contribution in [0.3, 0.4) is 0 Å². The first-order chi connectivity index (χ1) is 14.4. The second-order valence-corrected chi connectivity index (χ2v) is 7.15. The van der Waals surface area contributed by atoms with Crippen LogP contribution in [-0.4, -0.2) is 45.0 Å². The van der Waals surface area contributed by atoms with Gasteiger partial charge in [-0.2, -0.15) is 18.3 Å². The van der Waals surface area contributed by atoms with Gasteiger partial charge in [-0.1, -0.05) is 17.7 Å². The SMILES string of the molecule is N[C@H](CNC(=O)C1(OC(=O)C(F)(F)F)CC1)c1ccc(Cl)c(-n2ncnc2C(F)F)c1. The summed E-state index contributed by atoms with van der Waals surface area (Å²) in [6, 6.07) is 3.36. The molecule has 1 aliphatic carbocycles. The van der Waals surface area contributed by atoms with Crippen molar-refractivity contribution in [3.63, 3.8) is 0 Å². The summed E-state index contributed by atoms with van der Waals surface area (Å²) in [5.74, 6) is -4.00. The van der Waals surface area contributed by atoms with Crippen LogP contribution in [0.25, 0.3) is 5.69 Å². The van der Waals surface area contributed by atoms with Gasteiger partial charge in [0.2, 0.25) is 0 Å². The molecular formula is C17H15ClF5N5O3. The number of aromatic nitrogens is 3. The Labute approximate surface area is 176 Å². The van der Waals surface area contributed by atoms with Gasteiger partial charge in [-0.25, -0.2) is 23.2 Å². The molecule has 14 heteroatoms. The highest BCUT2D eigenvalue weighted by Gasteiger charge is 2.57. The van der Waals surface area contributed by atoms with Gasteiger partial charge in [0.05, 0.1) is 10.7 Å². The molecule has 1 aliphatic rings. The van der Waals surface area contributed by atoms with Gasteiger partial charge in [0, 0.05) is 25.4 Å². The Bertz CT molecular complexity index is 993. The number of nitrogens with one attached hydrogen (secondary N) is 1. The molecule has 1 saturated carbocycles. The molecule has 1 atom stereocenters. The first-order valence-electron chi connectivity index (χ1n) is 8.76. The third-order valence-corrected chi connectivity index (χ3v) is 4.84. The van der Waals surface area contributed by atoms with E-state index in [4.69, 9.17) is 17.3 Å². The number of ether oxygens (including phenoxy) is 1. The van der Waals surface area contributed by atoms with Gasteiger partial charge < -0.3 is 15.8 Å². The molecule has 2 aromatic rings. The molecule has 0 spiro atoms. The standard InChI is InChI=1S/C17H15ClF5N5O3/c18-9-2-1-8(5-11(9)28-13(12(19)20)26-7-27-28)10(24)6-25-14(29)16(3-4-16)31-15(30)17(21,22)23/h1-2,5,7,10,12H,3-4,6,24H2,(H,25,29)/t10-/m1/s1. The predicted molar refractivity (Wildman–Crippen MR) is 95.4 cm³/mol. The Morgan fingerprint density at radius 2 is 2.00 bits per heavy atom. The fourth-order valence-electron chi connectivity index (χ4n) is 2.71. The average Bonchev–Trinajstić information content (AvgIpc) is 3.30. The molecule has 1 aromatic heterocycles. The van der Waals surface area contributed by atoms with Crippen LogP contribution in [0.4, 0.5) is 22.0 Å². The number of benzene rings is 1. The summed E-state index contributed by atoms with van der Waals surface area (Å²) in [4.78, 5) is 26.7. The molecule has 1 fully saturated rings. The van der Waals surface area contributed by atoms with Crippen LogP contribution in [0.2, 0.25) is 5.02 Å². The molecule has 0 radical (unpaired) electrons. The minimum atomic E-state index is -5.22. The van der Waals surface area contributed by atoms with Crippen LogP contribution < -0.4 is 11.1 Å². The van der Waals surface area contributed by atoms with E-state index < -0.39 is 41.9 Å². The zero-order valence-electron chi connectivity index (χ0n) is 15.5. The maximum Gasteiger partial charge on any atom is 0.490 e. The van der Waals surface area contributed by atoms with Crippen molar-refractivity contribution in [2.45, 2.75) is 37.1 Å². The number of alkyl halides is 5. The maximum absolute atomic E-state index is 13.1. The van der Waals surface area contributed by atoms with Crippen LogP contribution in [0.1, 0.15) is 36.7 Å². The van der Waals surface area contributed by atoms with Crippen LogP contribution in [0.15, 0.2) is 24.5 Å².